The first-order valence-corrected chi connectivity index (χ1v) is 5.83. The summed E-state index contributed by atoms with van der Waals surface area (Å²) < 4.78 is 24.1. The van der Waals surface area contributed by atoms with Gasteiger partial charge in [0.25, 0.3) is 0 Å². The van der Waals surface area contributed by atoms with E-state index < -0.39 is 5.82 Å². The Hall–Kier alpha value is -0.800. The third-order valence-electron chi connectivity index (χ3n) is 2.60. The van der Waals surface area contributed by atoms with Gasteiger partial charge in [-0.15, -0.1) is 0 Å². The van der Waals surface area contributed by atoms with Crippen molar-refractivity contribution < 1.29 is 13.9 Å². The molecule has 0 amide bonds. The van der Waals surface area contributed by atoms with Gasteiger partial charge in [0.15, 0.2) is 0 Å². The van der Waals surface area contributed by atoms with Gasteiger partial charge in [-0.3, -0.25) is 0 Å². The number of halogens is 2. The second-order valence-corrected chi connectivity index (χ2v) is 4.28. The highest BCUT2D eigenvalue weighted by Crippen LogP contribution is 2.21. The number of ether oxygens (including phenoxy) is 2. The van der Waals surface area contributed by atoms with E-state index in [-0.39, 0.29) is 11.1 Å². The van der Waals surface area contributed by atoms with Crippen LogP contribution in [-0.4, -0.2) is 19.3 Å². The van der Waals surface area contributed by atoms with Crippen molar-refractivity contribution in [3.05, 3.63) is 29.0 Å². The predicted molar refractivity (Wildman–Crippen MR) is 60.5 cm³/mol. The highest BCUT2D eigenvalue weighted by atomic mass is 35.5. The van der Waals surface area contributed by atoms with Crippen molar-refractivity contribution in [3.63, 3.8) is 0 Å². The summed E-state index contributed by atoms with van der Waals surface area (Å²) in [6, 6.07) is 4.45. The number of rotatable bonds is 3. The molecule has 16 heavy (non-hydrogen) atoms. The van der Waals surface area contributed by atoms with Gasteiger partial charge in [0.1, 0.15) is 18.2 Å². The third-order valence-corrected chi connectivity index (χ3v) is 2.91. The lowest BCUT2D eigenvalue weighted by atomic mass is 10.1. The topological polar surface area (TPSA) is 18.5 Å². The summed E-state index contributed by atoms with van der Waals surface area (Å²) in [5, 5.41) is 0.112. The van der Waals surface area contributed by atoms with Crippen LogP contribution in [-0.2, 0) is 4.74 Å². The van der Waals surface area contributed by atoms with Gasteiger partial charge < -0.3 is 9.47 Å². The number of benzene rings is 1. The number of hydrogen-bond donors (Lipinski definition) is 0. The molecule has 1 aliphatic rings. The van der Waals surface area contributed by atoms with Crippen LogP contribution in [0.25, 0.3) is 0 Å². The largest absolute Gasteiger partial charge is 0.491 e. The van der Waals surface area contributed by atoms with E-state index in [0.29, 0.717) is 12.4 Å². The van der Waals surface area contributed by atoms with Crippen molar-refractivity contribution in [2.75, 3.05) is 13.2 Å². The maximum absolute atomic E-state index is 13.1. The highest BCUT2D eigenvalue weighted by molar-refractivity contribution is 6.30. The molecule has 0 bridgehead atoms. The summed E-state index contributed by atoms with van der Waals surface area (Å²) in [6.45, 7) is 1.27. The Kier molecular flexibility index (Phi) is 4.02. The summed E-state index contributed by atoms with van der Waals surface area (Å²) in [6.07, 6.45) is 3.43. The van der Waals surface area contributed by atoms with Gasteiger partial charge in [0.2, 0.25) is 0 Å². The van der Waals surface area contributed by atoms with E-state index in [2.05, 4.69) is 0 Å². The lowest BCUT2D eigenvalue weighted by Gasteiger charge is -2.22. The monoisotopic (exact) mass is 244 g/mol. The van der Waals surface area contributed by atoms with Gasteiger partial charge >= 0.3 is 0 Å². The maximum atomic E-state index is 13.1. The average molecular weight is 245 g/mol. The van der Waals surface area contributed by atoms with Crippen LogP contribution in [0.4, 0.5) is 4.39 Å². The molecule has 2 rings (SSSR count). The van der Waals surface area contributed by atoms with Crippen LogP contribution in [0.3, 0.4) is 0 Å². The fourth-order valence-corrected chi connectivity index (χ4v) is 1.81. The Labute approximate surface area is 99.3 Å². The Balaban J connectivity index is 1.86. The second-order valence-electron chi connectivity index (χ2n) is 3.88. The molecule has 1 fully saturated rings. The molecule has 0 spiro atoms. The molecule has 4 heteroatoms. The molecule has 1 aromatic carbocycles. The van der Waals surface area contributed by atoms with E-state index in [1.54, 1.807) is 6.07 Å². The van der Waals surface area contributed by atoms with Crippen LogP contribution in [0.5, 0.6) is 5.75 Å². The van der Waals surface area contributed by atoms with Crippen LogP contribution in [0.1, 0.15) is 19.3 Å². The van der Waals surface area contributed by atoms with E-state index in [9.17, 15) is 4.39 Å². The lowest BCUT2D eigenvalue weighted by molar-refractivity contribution is -0.0111. The quantitative estimate of drug-likeness (QED) is 0.811. The second kappa shape index (κ2) is 5.51. The average Bonchev–Trinajstić information content (AvgIpc) is 2.32. The van der Waals surface area contributed by atoms with Crippen molar-refractivity contribution >= 4 is 11.6 Å². The fraction of sp³-hybridized carbons (Fsp3) is 0.500. The molecule has 1 atom stereocenters. The fourth-order valence-electron chi connectivity index (χ4n) is 1.69. The third kappa shape index (κ3) is 3.09. The SMILES string of the molecule is Fc1cc(OCC2CCCCO2)ccc1Cl. The predicted octanol–water partition coefficient (Wildman–Crippen LogP) is 3.43. The van der Waals surface area contributed by atoms with E-state index >= 15 is 0 Å². The van der Waals surface area contributed by atoms with E-state index in [1.165, 1.54) is 18.6 Å². The van der Waals surface area contributed by atoms with Gasteiger partial charge in [0.05, 0.1) is 11.1 Å². The van der Waals surface area contributed by atoms with Crippen molar-refractivity contribution in [1.82, 2.24) is 0 Å². The summed E-state index contributed by atoms with van der Waals surface area (Å²) in [4.78, 5) is 0. The molecule has 1 aromatic rings. The van der Waals surface area contributed by atoms with Crippen LogP contribution in [0.15, 0.2) is 18.2 Å². The van der Waals surface area contributed by atoms with Gasteiger partial charge in [-0.25, -0.2) is 4.39 Å². The first-order valence-electron chi connectivity index (χ1n) is 5.45. The van der Waals surface area contributed by atoms with Crippen molar-refractivity contribution in [3.8, 4) is 5.75 Å². The zero-order chi connectivity index (χ0) is 11.4. The van der Waals surface area contributed by atoms with Gasteiger partial charge in [-0.05, 0) is 31.4 Å². The van der Waals surface area contributed by atoms with Crippen molar-refractivity contribution in [1.29, 1.82) is 0 Å². The summed E-state index contributed by atoms with van der Waals surface area (Å²) >= 11 is 5.57. The van der Waals surface area contributed by atoms with Crippen LogP contribution < -0.4 is 4.74 Å². The lowest BCUT2D eigenvalue weighted by Crippen LogP contribution is -2.25. The molecule has 2 nitrogen and oxygen atoms in total. The minimum atomic E-state index is -0.455. The van der Waals surface area contributed by atoms with Crippen molar-refractivity contribution in [2.24, 2.45) is 0 Å². The highest BCUT2D eigenvalue weighted by Gasteiger charge is 2.14. The normalized spacial score (nSPS) is 20.8. The molecule has 0 saturated carbocycles. The van der Waals surface area contributed by atoms with Gasteiger partial charge in [-0.1, -0.05) is 11.6 Å². The Morgan fingerprint density at radius 1 is 1.44 bits per heavy atom. The molecule has 1 saturated heterocycles. The van der Waals surface area contributed by atoms with Gasteiger partial charge in [0, 0.05) is 12.7 Å². The molecule has 1 heterocycles. The molecule has 0 radical (unpaired) electrons. The zero-order valence-electron chi connectivity index (χ0n) is 8.92. The van der Waals surface area contributed by atoms with Crippen LogP contribution in [0, 0.1) is 5.82 Å². The summed E-state index contributed by atoms with van der Waals surface area (Å²) in [7, 11) is 0. The Morgan fingerprint density at radius 2 is 2.31 bits per heavy atom. The number of hydrogen-bond acceptors (Lipinski definition) is 2. The molecular formula is C12H14ClFO2. The molecule has 0 aliphatic carbocycles. The Bertz CT molecular complexity index is 351. The maximum Gasteiger partial charge on any atom is 0.145 e. The van der Waals surface area contributed by atoms with Crippen LogP contribution >= 0.6 is 11.6 Å². The first-order chi connectivity index (χ1) is 7.75. The summed E-state index contributed by atoms with van der Waals surface area (Å²) in [5.41, 5.74) is 0. The Morgan fingerprint density at radius 3 is 3.00 bits per heavy atom. The standard InChI is InChI=1S/C12H14ClFO2/c13-11-5-4-9(7-12(11)14)16-8-10-3-1-2-6-15-10/h4-5,7,10H,1-3,6,8H2. The molecule has 0 aromatic heterocycles. The van der Waals surface area contributed by atoms with Crippen molar-refractivity contribution in [2.45, 2.75) is 25.4 Å². The molecule has 0 N–H and O–H groups in total. The van der Waals surface area contributed by atoms with E-state index in [1.807, 2.05) is 0 Å². The minimum absolute atomic E-state index is 0.112. The minimum Gasteiger partial charge on any atom is -0.491 e. The van der Waals surface area contributed by atoms with Crippen LogP contribution in [0.2, 0.25) is 5.02 Å². The smallest absolute Gasteiger partial charge is 0.145 e. The van der Waals surface area contributed by atoms with E-state index in [0.717, 1.165) is 19.4 Å². The summed E-state index contributed by atoms with van der Waals surface area (Å²) in [5.74, 6) is 0.0415. The molecule has 1 aliphatic heterocycles. The zero-order valence-corrected chi connectivity index (χ0v) is 9.67. The first kappa shape index (κ1) is 11.7. The van der Waals surface area contributed by atoms with Gasteiger partial charge in [-0.2, -0.15) is 0 Å². The molecule has 88 valence electrons. The van der Waals surface area contributed by atoms with E-state index in [4.69, 9.17) is 21.1 Å². The molecule has 1 unspecified atom stereocenters. The molecular weight excluding hydrogens is 231 g/mol.